The zero-order valence-electron chi connectivity index (χ0n) is 6.71. The van der Waals surface area contributed by atoms with Gasteiger partial charge in [-0.15, -0.1) is 0 Å². The van der Waals surface area contributed by atoms with E-state index in [-0.39, 0.29) is 6.42 Å². The standard InChI is InChI=1S/C9H6ClN3/c10-7-5-8(12)9(13-6-7)3-1-2-4-11/h5-6H,2,12H2. The highest BCUT2D eigenvalue weighted by atomic mass is 35.5. The van der Waals surface area contributed by atoms with Gasteiger partial charge in [0.05, 0.1) is 23.2 Å². The molecule has 13 heavy (non-hydrogen) atoms. The van der Waals surface area contributed by atoms with Gasteiger partial charge in [0.25, 0.3) is 0 Å². The summed E-state index contributed by atoms with van der Waals surface area (Å²) in [5.74, 6) is 5.29. The van der Waals surface area contributed by atoms with Gasteiger partial charge in [-0.3, -0.25) is 0 Å². The van der Waals surface area contributed by atoms with Crippen molar-refractivity contribution in [3.8, 4) is 17.9 Å². The van der Waals surface area contributed by atoms with E-state index in [1.165, 1.54) is 6.20 Å². The monoisotopic (exact) mass is 191 g/mol. The summed E-state index contributed by atoms with van der Waals surface area (Å²) in [7, 11) is 0. The maximum atomic E-state index is 8.23. The van der Waals surface area contributed by atoms with E-state index in [2.05, 4.69) is 16.8 Å². The lowest BCUT2D eigenvalue weighted by molar-refractivity contribution is 1.29. The number of anilines is 1. The van der Waals surface area contributed by atoms with Crippen molar-refractivity contribution >= 4 is 17.3 Å². The van der Waals surface area contributed by atoms with Crippen LogP contribution in [0.25, 0.3) is 0 Å². The largest absolute Gasteiger partial charge is 0.396 e. The second-order valence-corrected chi connectivity index (χ2v) is 2.66. The van der Waals surface area contributed by atoms with Gasteiger partial charge < -0.3 is 5.73 Å². The first kappa shape index (κ1) is 9.38. The van der Waals surface area contributed by atoms with Crippen molar-refractivity contribution in [2.75, 3.05) is 5.73 Å². The van der Waals surface area contributed by atoms with E-state index in [1.807, 2.05) is 6.07 Å². The molecule has 0 radical (unpaired) electrons. The molecule has 0 atom stereocenters. The molecule has 64 valence electrons. The van der Waals surface area contributed by atoms with Crippen molar-refractivity contribution in [1.82, 2.24) is 4.98 Å². The molecule has 0 bridgehead atoms. The third kappa shape index (κ3) is 2.66. The van der Waals surface area contributed by atoms with Gasteiger partial charge in [-0.2, -0.15) is 5.26 Å². The van der Waals surface area contributed by atoms with Crippen molar-refractivity contribution in [3.05, 3.63) is 23.0 Å². The van der Waals surface area contributed by atoms with E-state index >= 15 is 0 Å². The number of nitriles is 1. The molecular formula is C9H6ClN3. The summed E-state index contributed by atoms with van der Waals surface area (Å²) in [5.41, 5.74) is 6.46. The van der Waals surface area contributed by atoms with Crippen LogP contribution in [-0.2, 0) is 0 Å². The Hall–Kier alpha value is -1.71. The van der Waals surface area contributed by atoms with Crippen LogP contribution in [0.1, 0.15) is 12.1 Å². The van der Waals surface area contributed by atoms with Crippen molar-refractivity contribution < 1.29 is 0 Å². The molecule has 0 aromatic carbocycles. The molecular weight excluding hydrogens is 186 g/mol. The predicted molar refractivity (Wildman–Crippen MR) is 50.8 cm³/mol. The first-order valence-corrected chi connectivity index (χ1v) is 3.88. The minimum atomic E-state index is 0.170. The quantitative estimate of drug-likeness (QED) is 0.634. The molecule has 0 saturated carbocycles. The number of nitrogens with zero attached hydrogens (tertiary/aromatic N) is 2. The zero-order valence-corrected chi connectivity index (χ0v) is 7.47. The van der Waals surface area contributed by atoms with Crippen molar-refractivity contribution in [1.29, 1.82) is 5.26 Å². The van der Waals surface area contributed by atoms with E-state index < -0.39 is 0 Å². The maximum Gasteiger partial charge on any atom is 0.136 e. The molecule has 1 heterocycles. The number of aromatic nitrogens is 1. The molecule has 0 aliphatic heterocycles. The molecule has 1 rings (SSSR count). The number of halogens is 1. The molecule has 0 aliphatic rings. The molecule has 0 unspecified atom stereocenters. The Morgan fingerprint density at radius 2 is 2.38 bits per heavy atom. The number of nitrogen functional groups attached to an aromatic ring is 1. The fourth-order valence-corrected chi connectivity index (χ4v) is 0.893. The molecule has 0 spiro atoms. The number of nitrogens with two attached hydrogens (primary N) is 1. The van der Waals surface area contributed by atoms with Crippen LogP contribution >= 0.6 is 11.6 Å². The Balaban J connectivity index is 2.93. The number of hydrogen-bond acceptors (Lipinski definition) is 3. The summed E-state index contributed by atoms with van der Waals surface area (Å²) < 4.78 is 0. The van der Waals surface area contributed by atoms with E-state index in [1.54, 1.807) is 6.07 Å². The topological polar surface area (TPSA) is 62.7 Å². The molecule has 3 nitrogen and oxygen atoms in total. The average molecular weight is 192 g/mol. The number of hydrogen-bond donors (Lipinski definition) is 1. The highest BCUT2D eigenvalue weighted by molar-refractivity contribution is 6.30. The fourth-order valence-electron chi connectivity index (χ4n) is 0.727. The molecule has 4 heteroatoms. The normalized spacial score (nSPS) is 8.31. The average Bonchev–Trinajstić information content (AvgIpc) is 2.09. The van der Waals surface area contributed by atoms with Crippen LogP contribution in [0.15, 0.2) is 12.3 Å². The summed E-state index contributed by atoms with van der Waals surface area (Å²) in [6.45, 7) is 0. The Morgan fingerprint density at radius 1 is 1.62 bits per heavy atom. The second-order valence-electron chi connectivity index (χ2n) is 2.23. The van der Waals surface area contributed by atoms with Gasteiger partial charge in [-0.05, 0) is 12.0 Å². The van der Waals surface area contributed by atoms with Gasteiger partial charge in [0.15, 0.2) is 0 Å². The molecule has 1 aromatic heterocycles. The smallest absolute Gasteiger partial charge is 0.136 e. The van der Waals surface area contributed by atoms with E-state index in [0.29, 0.717) is 16.4 Å². The molecule has 0 saturated heterocycles. The van der Waals surface area contributed by atoms with Gasteiger partial charge in [0.2, 0.25) is 0 Å². The summed E-state index contributed by atoms with van der Waals surface area (Å²) >= 11 is 5.64. The van der Waals surface area contributed by atoms with Gasteiger partial charge in [-0.25, -0.2) is 4.98 Å². The lowest BCUT2D eigenvalue weighted by Gasteiger charge is -1.95. The molecule has 0 fully saturated rings. The van der Waals surface area contributed by atoms with Gasteiger partial charge in [0, 0.05) is 6.20 Å². The van der Waals surface area contributed by atoms with Gasteiger partial charge >= 0.3 is 0 Å². The lowest BCUT2D eigenvalue weighted by atomic mass is 10.3. The molecule has 1 aromatic rings. The first-order chi connectivity index (χ1) is 6.24. The third-order valence-electron chi connectivity index (χ3n) is 1.26. The Morgan fingerprint density at radius 3 is 3.00 bits per heavy atom. The summed E-state index contributed by atoms with van der Waals surface area (Å²) in [5, 5.41) is 8.71. The Kier molecular flexibility index (Phi) is 3.14. The number of pyridine rings is 1. The zero-order chi connectivity index (χ0) is 9.68. The van der Waals surface area contributed by atoms with E-state index in [0.717, 1.165) is 0 Å². The fraction of sp³-hybridized carbons (Fsp3) is 0.111. The molecule has 0 aliphatic carbocycles. The summed E-state index contributed by atoms with van der Waals surface area (Å²) in [6.07, 6.45) is 1.64. The van der Waals surface area contributed by atoms with Crippen LogP contribution in [0.3, 0.4) is 0 Å². The van der Waals surface area contributed by atoms with Crippen molar-refractivity contribution in [2.24, 2.45) is 0 Å². The molecule has 0 amide bonds. The van der Waals surface area contributed by atoms with Crippen LogP contribution in [0, 0.1) is 23.2 Å². The van der Waals surface area contributed by atoms with Crippen molar-refractivity contribution in [2.45, 2.75) is 6.42 Å². The second kappa shape index (κ2) is 4.35. The SMILES string of the molecule is N#CCC#Cc1ncc(Cl)cc1N. The highest BCUT2D eigenvalue weighted by Gasteiger charge is 1.96. The first-order valence-electron chi connectivity index (χ1n) is 3.51. The summed E-state index contributed by atoms with van der Waals surface area (Å²) in [6, 6.07) is 3.47. The number of rotatable bonds is 0. The van der Waals surface area contributed by atoms with Crippen LogP contribution in [-0.4, -0.2) is 4.98 Å². The van der Waals surface area contributed by atoms with E-state index in [4.69, 9.17) is 22.6 Å². The predicted octanol–water partition coefficient (Wildman–Crippen LogP) is 1.58. The Labute approximate surface area is 81.1 Å². The molecule has 2 N–H and O–H groups in total. The summed E-state index contributed by atoms with van der Waals surface area (Å²) in [4.78, 5) is 3.91. The van der Waals surface area contributed by atoms with Crippen LogP contribution in [0.4, 0.5) is 5.69 Å². The minimum absolute atomic E-state index is 0.170. The van der Waals surface area contributed by atoms with Gasteiger partial charge in [-0.1, -0.05) is 17.5 Å². The van der Waals surface area contributed by atoms with E-state index in [9.17, 15) is 0 Å². The van der Waals surface area contributed by atoms with Gasteiger partial charge in [0.1, 0.15) is 5.69 Å². The van der Waals surface area contributed by atoms with Crippen LogP contribution < -0.4 is 5.73 Å². The minimum Gasteiger partial charge on any atom is -0.396 e. The third-order valence-corrected chi connectivity index (χ3v) is 1.46. The van der Waals surface area contributed by atoms with Crippen LogP contribution in [0.2, 0.25) is 5.02 Å². The van der Waals surface area contributed by atoms with Crippen molar-refractivity contribution in [3.63, 3.8) is 0 Å². The highest BCUT2D eigenvalue weighted by Crippen LogP contribution is 2.13. The maximum absolute atomic E-state index is 8.23. The van der Waals surface area contributed by atoms with Crippen LogP contribution in [0.5, 0.6) is 0 Å². The lowest BCUT2D eigenvalue weighted by Crippen LogP contribution is -1.92. The Bertz CT molecular complexity index is 409.